The lowest BCUT2D eigenvalue weighted by Crippen LogP contribution is -2.22. The second-order valence-corrected chi connectivity index (χ2v) is 3.48. The zero-order valence-corrected chi connectivity index (χ0v) is 8.01. The molecule has 12 heavy (non-hydrogen) atoms. The van der Waals surface area contributed by atoms with Crippen molar-refractivity contribution in [2.24, 2.45) is 11.8 Å². The number of ketones is 1. The lowest BCUT2D eigenvalue weighted by molar-refractivity contribution is -0.127. The molecule has 0 bridgehead atoms. The molecule has 0 saturated carbocycles. The van der Waals surface area contributed by atoms with Gasteiger partial charge >= 0.3 is 0 Å². The SMILES string of the molecule is CCC(CC)C(=O)C1CCOC1. The van der Waals surface area contributed by atoms with Crippen LogP contribution in [0, 0.1) is 11.8 Å². The monoisotopic (exact) mass is 170 g/mol. The number of rotatable bonds is 4. The van der Waals surface area contributed by atoms with Crippen molar-refractivity contribution in [2.45, 2.75) is 33.1 Å². The summed E-state index contributed by atoms with van der Waals surface area (Å²) in [5.41, 5.74) is 0. The van der Waals surface area contributed by atoms with Crippen LogP contribution >= 0.6 is 0 Å². The van der Waals surface area contributed by atoms with Crippen LogP contribution in [0.25, 0.3) is 0 Å². The third-order valence-electron chi connectivity index (χ3n) is 2.72. The highest BCUT2D eigenvalue weighted by molar-refractivity contribution is 5.83. The molecule has 0 aliphatic carbocycles. The molecule has 1 atom stereocenters. The van der Waals surface area contributed by atoms with Crippen molar-refractivity contribution in [3.63, 3.8) is 0 Å². The van der Waals surface area contributed by atoms with Gasteiger partial charge < -0.3 is 4.74 Å². The molecule has 0 radical (unpaired) electrons. The van der Waals surface area contributed by atoms with E-state index in [1.807, 2.05) is 0 Å². The van der Waals surface area contributed by atoms with Crippen LogP contribution in [0.3, 0.4) is 0 Å². The van der Waals surface area contributed by atoms with E-state index < -0.39 is 0 Å². The molecule has 2 heteroatoms. The fourth-order valence-electron chi connectivity index (χ4n) is 1.78. The van der Waals surface area contributed by atoms with E-state index in [9.17, 15) is 4.79 Å². The predicted molar refractivity (Wildman–Crippen MR) is 48.0 cm³/mol. The summed E-state index contributed by atoms with van der Waals surface area (Å²) in [5.74, 6) is 0.907. The molecule has 1 fully saturated rings. The third-order valence-corrected chi connectivity index (χ3v) is 2.72. The van der Waals surface area contributed by atoms with E-state index in [2.05, 4.69) is 13.8 Å². The number of Topliss-reactive ketones (excluding diaryl/α,β-unsaturated/α-hetero) is 1. The predicted octanol–water partition coefficient (Wildman–Crippen LogP) is 2.03. The molecular weight excluding hydrogens is 152 g/mol. The molecule has 2 nitrogen and oxygen atoms in total. The van der Waals surface area contributed by atoms with Crippen molar-refractivity contribution < 1.29 is 9.53 Å². The molecule has 1 aliphatic heterocycles. The van der Waals surface area contributed by atoms with Gasteiger partial charge in [0.2, 0.25) is 0 Å². The highest BCUT2D eigenvalue weighted by Gasteiger charge is 2.27. The molecule has 0 aromatic rings. The molecule has 0 spiro atoms. The van der Waals surface area contributed by atoms with E-state index in [-0.39, 0.29) is 11.8 Å². The maximum absolute atomic E-state index is 11.7. The molecule has 0 N–H and O–H groups in total. The maximum Gasteiger partial charge on any atom is 0.141 e. The Kier molecular flexibility index (Phi) is 3.73. The van der Waals surface area contributed by atoms with Crippen LogP contribution in [0.5, 0.6) is 0 Å². The molecule has 1 heterocycles. The van der Waals surface area contributed by atoms with Gasteiger partial charge in [0.1, 0.15) is 5.78 Å². The summed E-state index contributed by atoms with van der Waals surface area (Å²) in [4.78, 5) is 11.7. The van der Waals surface area contributed by atoms with Crippen molar-refractivity contribution in [1.82, 2.24) is 0 Å². The second kappa shape index (κ2) is 4.61. The summed E-state index contributed by atoms with van der Waals surface area (Å²) in [6.45, 7) is 5.61. The quantitative estimate of drug-likeness (QED) is 0.645. The van der Waals surface area contributed by atoms with Crippen LogP contribution in [0.1, 0.15) is 33.1 Å². The first-order valence-corrected chi connectivity index (χ1v) is 4.91. The van der Waals surface area contributed by atoms with E-state index in [1.165, 1.54) is 0 Å². The van der Waals surface area contributed by atoms with Crippen LogP contribution < -0.4 is 0 Å². The van der Waals surface area contributed by atoms with Gasteiger partial charge in [-0.25, -0.2) is 0 Å². The minimum absolute atomic E-state index is 0.204. The van der Waals surface area contributed by atoms with Crippen LogP contribution in [-0.4, -0.2) is 19.0 Å². The van der Waals surface area contributed by atoms with Gasteiger partial charge in [-0.3, -0.25) is 4.79 Å². The number of hydrogen-bond acceptors (Lipinski definition) is 2. The first-order valence-electron chi connectivity index (χ1n) is 4.91. The van der Waals surface area contributed by atoms with E-state index in [0.29, 0.717) is 12.4 Å². The van der Waals surface area contributed by atoms with E-state index >= 15 is 0 Å². The summed E-state index contributed by atoms with van der Waals surface area (Å²) in [6.07, 6.45) is 2.90. The Morgan fingerprint density at radius 3 is 2.58 bits per heavy atom. The molecule has 0 amide bonds. The van der Waals surface area contributed by atoms with Crippen LogP contribution in [0.15, 0.2) is 0 Å². The summed E-state index contributed by atoms with van der Waals surface area (Å²) in [6, 6.07) is 0. The lowest BCUT2D eigenvalue weighted by Gasteiger charge is -2.14. The molecule has 1 aliphatic rings. The Labute approximate surface area is 74.3 Å². The van der Waals surface area contributed by atoms with Crippen molar-refractivity contribution in [2.75, 3.05) is 13.2 Å². The van der Waals surface area contributed by atoms with E-state index in [0.717, 1.165) is 25.9 Å². The fourth-order valence-corrected chi connectivity index (χ4v) is 1.78. The highest BCUT2D eigenvalue weighted by Crippen LogP contribution is 2.21. The number of carbonyl (C=O) groups is 1. The fraction of sp³-hybridized carbons (Fsp3) is 0.900. The van der Waals surface area contributed by atoms with Gasteiger partial charge in [0, 0.05) is 18.4 Å². The smallest absolute Gasteiger partial charge is 0.141 e. The number of ether oxygens (including phenoxy) is 1. The summed E-state index contributed by atoms with van der Waals surface area (Å²) in [7, 11) is 0. The summed E-state index contributed by atoms with van der Waals surface area (Å²) < 4.78 is 5.20. The highest BCUT2D eigenvalue weighted by atomic mass is 16.5. The van der Waals surface area contributed by atoms with E-state index in [1.54, 1.807) is 0 Å². The zero-order valence-electron chi connectivity index (χ0n) is 8.01. The van der Waals surface area contributed by atoms with Gasteiger partial charge in [0.05, 0.1) is 6.61 Å². The van der Waals surface area contributed by atoms with Gasteiger partial charge in [-0.15, -0.1) is 0 Å². The molecule has 1 unspecified atom stereocenters. The Morgan fingerprint density at radius 1 is 1.50 bits per heavy atom. The standard InChI is InChI=1S/C10H18O2/c1-3-8(4-2)10(11)9-5-6-12-7-9/h8-9H,3-7H2,1-2H3. The van der Waals surface area contributed by atoms with Gasteiger partial charge in [0.25, 0.3) is 0 Å². The van der Waals surface area contributed by atoms with Crippen molar-refractivity contribution >= 4 is 5.78 Å². The molecule has 1 rings (SSSR count). The maximum atomic E-state index is 11.7. The molecule has 0 aromatic heterocycles. The normalized spacial score (nSPS) is 23.4. The third kappa shape index (κ3) is 2.07. The van der Waals surface area contributed by atoms with Gasteiger partial charge in [-0.2, -0.15) is 0 Å². The minimum atomic E-state index is 0.204. The molecule has 0 aromatic carbocycles. The largest absolute Gasteiger partial charge is 0.381 e. The Balaban J connectivity index is 2.43. The average molecular weight is 170 g/mol. The van der Waals surface area contributed by atoms with Gasteiger partial charge in [-0.05, 0) is 19.3 Å². The van der Waals surface area contributed by atoms with Crippen molar-refractivity contribution in [3.05, 3.63) is 0 Å². The molecule has 1 saturated heterocycles. The first-order chi connectivity index (χ1) is 5.79. The minimum Gasteiger partial charge on any atom is -0.381 e. The Morgan fingerprint density at radius 2 is 2.17 bits per heavy atom. The zero-order chi connectivity index (χ0) is 8.97. The summed E-state index contributed by atoms with van der Waals surface area (Å²) >= 11 is 0. The number of hydrogen-bond donors (Lipinski definition) is 0. The van der Waals surface area contributed by atoms with Crippen molar-refractivity contribution in [1.29, 1.82) is 0 Å². The Bertz CT molecular complexity index is 140. The van der Waals surface area contributed by atoms with Crippen LogP contribution in [0.2, 0.25) is 0 Å². The topological polar surface area (TPSA) is 26.3 Å². The first kappa shape index (κ1) is 9.72. The van der Waals surface area contributed by atoms with Gasteiger partial charge in [-0.1, -0.05) is 13.8 Å². The average Bonchev–Trinajstić information content (AvgIpc) is 2.58. The second-order valence-electron chi connectivity index (χ2n) is 3.48. The van der Waals surface area contributed by atoms with E-state index in [4.69, 9.17) is 4.74 Å². The van der Waals surface area contributed by atoms with Crippen LogP contribution in [-0.2, 0) is 9.53 Å². The molecular formula is C10H18O2. The number of carbonyl (C=O) groups excluding carboxylic acids is 1. The molecule has 70 valence electrons. The van der Waals surface area contributed by atoms with Crippen molar-refractivity contribution in [3.8, 4) is 0 Å². The van der Waals surface area contributed by atoms with Crippen LogP contribution in [0.4, 0.5) is 0 Å². The Hall–Kier alpha value is -0.370. The summed E-state index contributed by atoms with van der Waals surface area (Å²) in [5, 5.41) is 0. The van der Waals surface area contributed by atoms with Gasteiger partial charge in [0.15, 0.2) is 0 Å². The lowest BCUT2D eigenvalue weighted by atomic mass is 9.89.